The van der Waals surface area contributed by atoms with Crippen LogP contribution in [0.5, 0.6) is 5.75 Å². The minimum absolute atomic E-state index is 0. The van der Waals surface area contributed by atoms with Gasteiger partial charge in [-0.3, -0.25) is 4.79 Å². The molecule has 1 amide bonds. The lowest BCUT2D eigenvalue weighted by molar-refractivity contribution is 0.0746. The van der Waals surface area contributed by atoms with Gasteiger partial charge in [0, 0.05) is 38.3 Å². The van der Waals surface area contributed by atoms with Crippen LogP contribution >= 0.6 is 12.4 Å². The summed E-state index contributed by atoms with van der Waals surface area (Å²) in [5.41, 5.74) is 8.12. The molecule has 5 nitrogen and oxygen atoms in total. The minimum Gasteiger partial charge on any atom is -0.506 e. The van der Waals surface area contributed by atoms with Gasteiger partial charge in [0.25, 0.3) is 5.91 Å². The lowest BCUT2D eigenvalue weighted by Gasteiger charge is -2.36. The molecule has 0 saturated carbocycles. The number of anilines is 1. The molecule has 3 N–H and O–H groups in total. The highest BCUT2D eigenvalue weighted by Gasteiger charge is 2.23. The Morgan fingerprint density at radius 1 is 1.00 bits per heavy atom. The fourth-order valence-electron chi connectivity index (χ4n) is 2.85. The van der Waals surface area contributed by atoms with E-state index in [0.29, 0.717) is 38.3 Å². The van der Waals surface area contributed by atoms with E-state index in [4.69, 9.17) is 5.73 Å². The van der Waals surface area contributed by atoms with Crippen molar-refractivity contribution in [2.75, 3.05) is 31.1 Å². The zero-order valence-electron chi connectivity index (χ0n) is 13.4. The van der Waals surface area contributed by atoms with Gasteiger partial charge in [0.05, 0.1) is 5.69 Å². The van der Waals surface area contributed by atoms with Gasteiger partial charge in [0.1, 0.15) is 5.75 Å². The molecule has 1 aliphatic rings. The average Bonchev–Trinajstić information content (AvgIpc) is 2.62. The van der Waals surface area contributed by atoms with Gasteiger partial charge in [-0.2, -0.15) is 0 Å². The van der Waals surface area contributed by atoms with Crippen LogP contribution in [0.3, 0.4) is 0 Å². The molecule has 0 spiro atoms. The summed E-state index contributed by atoms with van der Waals surface area (Å²) in [6.45, 7) is 3.19. The van der Waals surface area contributed by atoms with E-state index in [-0.39, 0.29) is 24.1 Å². The first-order chi connectivity index (χ1) is 11.2. The van der Waals surface area contributed by atoms with E-state index in [1.54, 1.807) is 6.07 Å². The van der Waals surface area contributed by atoms with Crippen molar-refractivity contribution >= 4 is 24.0 Å². The lowest BCUT2D eigenvalue weighted by Crippen LogP contribution is -2.48. The van der Waals surface area contributed by atoms with Crippen molar-refractivity contribution in [2.24, 2.45) is 5.73 Å². The van der Waals surface area contributed by atoms with Crippen molar-refractivity contribution in [3.8, 4) is 5.75 Å². The second kappa shape index (κ2) is 8.04. The number of carbonyl (C=O) groups is 1. The van der Waals surface area contributed by atoms with Crippen LogP contribution in [0, 0.1) is 0 Å². The standard InChI is InChI=1S/C18H21N3O2.ClH/c19-13-14-5-7-15(8-6-14)18(23)21-11-9-20(10-12-21)16-3-1-2-4-17(16)22;/h1-8,22H,9-13,19H2;1H. The Hall–Kier alpha value is -2.24. The Morgan fingerprint density at radius 2 is 1.62 bits per heavy atom. The van der Waals surface area contributed by atoms with Gasteiger partial charge in [-0.05, 0) is 29.8 Å². The lowest BCUT2D eigenvalue weighted by atomic mass is 10.1. The molecule has 6 heteroatoms. The Balaban J connectivity index is 0.00000208. The SMILES string of the molecule is Cl.NCc1ccc(C(=O)N2CCN(c3ccccc3O)CC2)cc1. The molecular formula is C18H22ClN3O2. The highest BCUT2D eigenvalue weighted by molar-refractivity contribution is 5.94. The summed E-state index contributed by atoms with van der Waals surface area (Å²) in [6, 6.07) is 14.8. The van der Waals surface area contributed by atoms with Crippen LogP contribution in [0.4, 0.5) is 5.69 Å². The maximum atomic E-state index is 12.5. The van der Waals surface area contributed by atoms with Crippen LogP contribution in [0.25, 0.3) is 0 Å². The van der Waals surface area contributed by atoms with Crippen molar-refractivity contribution in [1.82, 2.24) is 4.90 Å². The number of hydrogen-bond donors (Lipinski definition) is 2. The number of carbonyl (C=O) groups excluding carboxylic acids is 1. The summed E-state index contributed by atoms with van der Waals surface area (Å²) in [4.78, 5) is 16.5. The number of nitrogens with zero attached hydrogens (tertiary/aromatic N) is 2. The summed E-state index contributed by atoms with van der Waals surface area (Å²) in [7, 11) is 0. The molecule has 0 bridgehead atoms. The number of hydrogen-bond acceptors (Lipinski definition) is 4. The quantitative estimate of drug-likeness (QED) is 0.893. The van der Waals surface area contributed by atoms with Gasteiger partial charge in [-0.15, -0.1) is 12.4 Å². The van der Waals surface area contributed by atoms with E-state index in [9.17, 15) is 9.90 Å². The highest BCUT2D eigenvalue weighted by Crippen LogP contribution is 2.27. The molecule has 0 aliphatic carbocycles. The highest BCUT2D eigenvalue weighted by atomic mass is 35.5. The van der Waals surface area contributed by atoms with Crippen molar-refractivity contribution in [2.45, 2.75) is 6.54 Å². The molecule has 128 valence electrons. The maximum Gasteiger partial charge on any atom is 0.253 e. The number of halogens is 1. The predicted molar refractivity (Wildman–Crippen MR) is 97.8 cm³/mol. The monoisotopic (exact) mass is 347 g/mol. The molecule has 2 aromatic carbocycles. The maximum absolute atomic E-state index is 12.5. The minimum atomic E-state index is 0. The third-order valence-corrected chi connectivity index (χ3v) is 4.23. The third-order valence-electron chi connectivity index (χ3n) is 4.23. The van der Waals surface area contributed by atoms with Gasteiger partial charge >= 0.3 is 0 Å². The number of nitrogens with two attached hydrogens (primary N) is 1. The Kier molecular flexibility index (Phi) is 6.06. The van der Waals surface area contributed by atoms with Gasteiger partial charge in [0.2, 0.25) is 0 Å². The summed E-state index contributed by atoms with van der Waals surface area (Å²) >= 11 is 0. The summed E-state index contributed by atoms with van der Waals surface area (Å²) in [5.74, 6) is 0.329. The van der Waals surface area contributed by atoms with Gasteiger partial charge in [-0.25, -0.2) is 0 Å². The first-order valence-corrected chi connectivity index (χ1v) is 7.80. The van der Waals surface area contributed by atoms with Gasteiger partial charge in [0.15, 0.2) is 0 Å². The van der Waals surface area contributed by atoms with Crippen molar-refractivity contribution in [3.63, 3.8) is 0 Å². The number of phenols is 1. The molecule has 1 aliphatic heterocycles. The number of phenolic OH excluding ortho intramolecular Hbond substituents is 1. The predicted octanol–water partition coefficient (Wildman–Crippen LogP) is 2.24. The molecule has 0 atom stereocenters. The van der Waals surface area contributed by atoms with E-state index < -0.39 is 0 Å². The second-order valence-electron chi connectivity index (χ2n) is 5.67. The number of benzene rings is 2. The number of piperazine rings is 1. The molecule has 0 radical (unpaired) electrons. The fraction of sp³-hybridized carbons (Fsp3) is 0.278. The van der Waals surface area contributed by atoms with E-state index in [1.807, 2.05) is 47.4 Å². The van der Waals surface area contributed by atoms with Gasteiger partial charge in [-0.1, -0.05) is 24.3 Å². The first-order valence-electron chi connectivity index (χ1n) is 7.80. The van der Waals surface area contributed by atoms with Crippen LogP contribution in [0.1, 0.15) is 15.9 Å². The summed E-state index contributed by atoms with van der Waals surface area (Å²) < 4.78 is 0. The number of amides is 1. The summed E-state index contributed by atoms with van der Waals surface area (Å²) in [5, 5.41) is 9.93. The number of rotatable bonds is 3. The molecular weight excluding hydrogens is 326 g/mol. The van der Waals surface area contributed by atoms with Crippen LogP contribution in [-0.2, 0) is 6.54 Å². The Bertz CT molecular complexity index is 683. The molecule has 1 heterocycles. The Morgan fingerprint density at radius 3 is 2.21 bits per heavy atom. The first kappa shape index (κ1) is 18.1. The fourth-order valence-corrected chi connectivity index (χ4v) is 2.85. The molecule has 24 heavy (non-hydrogen) atoms. The van der Waals surface area contributed by atoms with Crippen molar-refractivity contribution < 1.29 is 9.90 Å². The van der Waals surface area contributed by atoms with Crippen LogP contribution in [0.15, 0.2) is 48.5 Å². The largest absolute Gasteiger partial charge is 0.506 e. The van der Waals surface area contributed by atoms with E-state index in [1.165, 1.54) is 0 Å². The van der Waals surface area contributed by atoms with Crippen molar-refractivity contribution in [3.05, 3.63) is 59.7 Å². The third kappa shape index (κ3) is 3.80. The molecule has 0 unspecified atom stereocenters. The van der Waals surface area contributed by atoms with Crippen LogP contribution in [-0.4, -0.2) is 42.1 Å². The molecule has 3 rings (SSSR count). The summed E-state index contributed by atoms with van der Waals surface area (Å²) in [6.07, 6.45) is 0. The van der Waals surface area contributed by atoms with Gasteiger partial charge < -0.3 is 20.6 Å². The molecule has 1 fully saturated rings. The van der Waals surface area contributed by atoms with Crippen LogP contribution < -0.4 is 10.6 Å². The van der Waals surface area contributed by atoms with E-state index >= 15 is 0 Å². The molecule has 1 saturated heterocycles. The van der Waals surface area contributed by atoms with E-state index in [0.717, 1.165) is 11.3 Å². The second-order valence-corrected chi connectivity index (χ2v) is 5.67. The average molecular weight is 348 g/mol. The zero-order chi connectivity index (χ0) is 16.2. The molecule has 0 aromatic heterocycles. The smallest absolute Gasteiger partial charge is 0.253 e. The van der Waals surface area contributed by atoms with Crippen molar-refractivity contribution in [1.29, 1.82) is 0 Å². The zero-order valence-corrected chi connectivity index (χ0v) is 14.2. The number of aromatic hydroxyl groups is 1. The van der Waals surface area contributed by atoms with Crippen LogP contribution in [0.2, 0.25) is 0 Å². The topological polar surface area (TPSA) is 69.8 Å². The van der Waals surface area contributed by atoms with E-state index in [2.05, 4.69) is 4.90 Å². The number of para-hydroxylation sites is 2. The Labute approximate surface area is 148 Å². The molecule has 2 aromatic rings. The normalized spacial score (nSPS) is 14.2.